The topological polar surface area (TPSA) is 68.8 Å². The fourth-order valence-electron chi connectivity index (χ4n) is 1.04. The van der Waals surface area contributed by atoms with Crippen molar-refractivity contribution in [1.29, 1.82) is 0 Å². The first-order valence-electron chi connectivity index (χ1n) is 6.22. The third-order valence-corrected chi connectivity index (χ3v) is 1.78. The van der Waals surface area contributed by atoms with E-state index in [1.54, 1.807) is 0 Å². The third-order valence-electron chi connectivity index (χ3n) is 1.78. The van der Waals surface area contributed by atoms with Gasteiger partial charge in [0.2, 0.25) is 0 Å². The summed E-state index contributed by atoms with van der Waals surface area (Å²) in [5.74, 6) is 0. The summed E-state index contributed by atoms with van der Waals surface area (Å²) in [5.41, 5.74) is -0.466. The lowest BCUT2D eigenvalue weighted by Crippen LogP contribution is -2.34. The van der Waals surface area contributed by atoms with Crippen LogP contribution in [0.15, 0.2) is 0 Å². The Morgan fingerprint density at radius 2 is 1.56 bits per heavy atom. The van der Waals surface area contributed by atoms with Crippen LogP contribution in [0.25, 0.3) is 0 Å². The highest BCUT2D eigenvalue weighted by Gasteiger charge is 2.15. The number of hydrogen-bond acceptors (Lipinski definition) is 5. The molecule has 0 unspecified atom stereocenters. The fraction of sp³-hybridized carbons (Fsp3) is 0.917. The second-order valence-electron chi connectivity index (χ2n) is 4.76. The molecule has 0 aromatic carbocycles. The van der Waals surface area contributed by atoms with Crippen LogP contribution in [0.1, 0.15) is 20.8 Å². The summed E-state index contributed by atoms with van der Waals surface area (Å²) in [5, 5.41) is 5.60. The summed E-state index contributed by atoms with van der Waals surface area (Å²) in [6.45, 7) is 8.97. The van der Waals surface area contributed by atoms with Crippen molar-refractivity contribution in [2.45, 2.75) is 26.4 Å². The van der Waals surface area contributed by atoms with Crippen molar-refractivity contribution in [2.24, 2.45) is 0 Å². The molecule has 0 aliphatic rings. The van der Waals surface area contributed by atoms with Gasteiger partial charge >= 0.3 is 6.09 Å². The van der Waals surface area contributed by atoms with Gasteiger partial charge in [-0.2, -0.15) is 0 Å². The van der Waals surface area contributed by atoms with Crippen LogP contribution in [0.2, 0.25) is 0 Å². The largest absolute Gasteiger partial charge is 0.444 e. The molecule has 0 saturated carbocycles. The van der Waals surface area contributed by atoms with Gasteiger partial charge in [0.05, 0.1) is 26.4 Å². The Morgan fingerprint density at radius 3 is 2.06 bits per heavy atom. The first-order valence-corrected chi connectivity index (χ1v) is 6.22. The summed E-state index contributed by atoms with van der Waals surface area (Å²) in [7, 11) is 1.88. The molecule has 0 aromatic heterocycles. The Hall–Kier alpha value is -0.850. The maximum absolute atomic E-state index is 11.2. The molecule has 108 valence electrons. The van der Waals surface area contributed by atoms with Crippen LogP contribution in [0.3, 0.4) is 0 Å². The number of alkyl carbamates (subject to hydrolysis) is 1. The molecule has 0 radical (unpaired) electrons. The van der Waals surface area contributed by atoms with Gasteiger partial charge in [-0.3, -0.25) is 0 Å². The first-order chi connectivity index (χ1) is 8.45. The monoisotopic (exact) mass is 262 g/mol. The summed E-state index contributed by atoms with van der Waals surface area (Å²) >= 11 is 0. The van der Waals surface area contributed by atoms with Gasteiger partial charge in [0.15, 0.2) is 0 Å². The molecule has 0 fully saturated rings. The van der Waals surface area contributed by atoms with Crippen molar-refractivity contribution in [1.82, 2.24) is 10.6 Å². The van der Waals surface area contributed by atoms with Crippen molar-refractivity contribution >= 4 is 6.09 Å². The van der Waals surface area contributed by atoms with Gasteiger partial charge in [-0.05, 0) is 27.8 Å². The Labute approximate surface area is 109 Å². The van der Waals surface area contributed by atoms with E-state index in [0.717, 1.165) is 6.54 Å². The zero-order valence-corrected chi connectivity index (χ0v) is 11.9. The Morgan fingerprint density at radius 1 is 1.00 bits per heavy atom. The molecule has 6 nitrogen and oxygen atoms in total. The number of carbonyl (C=O) groups excluding carboxylic acids is 1. The van der Waals surface area contributed by atoms with Crippen LogP contribution < -0.4 is 10.6 Å². The Balaban J connectivity index is 3.23. The number of carbonyl (C=O) groups is 1. The van der Waals surface area contributed by atoms with Crippen LogP contribution in [-0.4, -0.2) is 58.3 Å². The van der Waals surface area contributed by atoms with E-state index in [0.29, 0.717) is 33.0 Å². The van der Waals surface area contributed by atoms with E-state index in [9.17, 15) is 4.79 Å². The number of rotatable bonds is 9. The molecule has 0 aliphatic heterocycles. The second kappa shape index (κ2) is 10.1. The van der Waals surface area contributed by atoms with Crippen molar-refractivity contribution < 1.29 is 19.0 Å². The van der Waals surface area contributed by atoms with E-state index in [1.165, 1.54) is 0 Å². The standard InChI is InChI=1S/C12H26N2O4/c1-12(2,3)18-11(15)14-6-8-17-10-9-16-7-5-13-4/h13H,5-10H2,1-4H3,(H,14,15). The van der Waals surface area contributed by atoms with Crippen LogP contribution in [0.5, 0.6) is 0 Å². The Kier molecular flexibility index (Phi) is 9.63. The van der Waals surface area contributed by atoms with E-state index in [1.807, 2.05) is 27.8 Å². The molecule has 0 bridgehead atoms. The smallest absolute Gasteiger partial charge is 0.407 e. The molecule has 0 saturated heterocycles. The number of hydrogen-bond donors (Lipinski definition) is 2. The molecular formula is C12H26N2O4. The molecule has 18 heavy (non-hydrogen) atoms. The highest BCUT2D eigenvalue weighted by atomic mass is 16.6. The minimum absolute atomic E-state index is 0.420. The number of nitrogens with one attached hydrogen (secondary N) is 2. The normalized spacial score (nSPS) is 11.3. The highest BCUT2D eigenvalue weighted by Crippen LogP contribution is 2.05. The average molecular weight is 262 g/mol. The maximum atomic E-state index is 11.2. The quantitative estimate of drug-likeness (QED) is 0.601. The number of ether oxygens (including phenoxy) is 3. The molecule has 0 spiro atoms. The van der Waals surface area contributed by atoms with E-state index in [2.05, 4.69) is 10.6 Å². The predicted molar refractivity (Wildman–Crippen MR) is 69.8 cm³/mol. The van der Waals surface area contributed by atoms with Gasteiger partial charge in [-0.15, -0.1) is 0 Å². The molecule has 0 aromatic rings. The molecule has 0 heterocycles. The van der Waals surface area contributed by atoms with Crippen molar-refractivity contribution in [2.75, 3.05) is 46.6 Å². The van der Waals surface area contributed by atoms with E-state index < -0.39 is 11.7 Å². The van der Waals surface area contributed by atoms with Crippen LogP contribution in [-0.2, 0) is 14.2 Å². The zero-order chi connectivity index (χ0) is 13.9. The molecule has 0 aliphatic carbocycles. The third kappa shape index (κ3) is 13.2. The summed E-state index contributed by atoms with van der Waals surface area (Å²) in [4.78, 5) is 11.2. The van der Waals surface area contributed by atoms with Gasteiger partial charge in [0, 0.05) is 13.1 Å². The Bertz CT molecular complexity index is 217. The minimum Gasteiger partial charge on any atom is -0.444 e. The van der Waals surface area contributed by atoms with Gasteiger partial charge in [0.1, 0.15) is 5.60 Å². The lowest BCUT2D eigenvalue weighted by Gasteiger charge is -2.19. The van der Waals surface area contributed by atoms with Gasteiger partial charge in [-0.1, -0.05) is 0 Å². The van der Waals surface area contributed by atoms with Gasteiger partial charge < -0.3 is 24.8 Å². The summed E-state index contributed by atoms with van der Waals surface area (Å²) < 4.78 is 15.6. The first kappa shape index (κ1) is 17.2. The van der Waals surface area contributed by atoms with Crippen LogP contribution in [0, 0.1) is 0 Å². The highest BCUT2D eigenvalue weighted by molar-refractivity contribution is 5.67. The predicted octanol–water partition coefficient (Wildman–Crippen LogP) is 0.764. The zero-order valence-electron chi connectivity index (χ0n) is 11.9. The van der Waals surface area contributed by atoms with Gasteiger partial charge in [-0.25, -0.2) is 4.79 Å². The van der Waals surface area contributed by atoms with E-state index >= 15 is 0 Å². The molecular weight excluding hydrogens is 236 g/mol. The number of amides is 1. The number of likely N-dealkylation sites (N-methyl/N-ethyl adjacent to an activating group) is 1. The van der Waals surface area contributed by atoms with Crippen molar-refractivity contribution in [3.63, 3.8) is 0 Å². The molecule has 2 N–H and O–H groups in total. The lowest BCUT2D eigenvalue weighted by atomic mass is 10.2. The van der Waals surface area contributed by atoms with E-state index in [4.69, 9.17) is 14.2 Å². The van der Waals surface area contributed by atoms with Crippen LogP contribution >= 0.6 is 0 Å². The molecule has 1 amide bonds. The van der Waals surface area contributed by atoms with Crippen LogP contribution in [0.4, 0.5) is 4.79 Å². The molecule has 0 rings (SSSR count). The fourth-order valence-corrected chi connectivity index (χ4v) is 1.04. The minimum atomic E-state index is -0.466. The molecule has 0 atom stereocenters. The summed E-state index contributed by atoms with van der Waals surface area (Å²) in [6, 6.07) is 0. The lowest BCUT2D eigenvalue weighted by molar-refractivity contribution is 0.0405. The maximum Gasteiger partial charge on any atom is 0.407 e. The SMILES string of the molecule is CNCCOCCOCCNC(=O)OC(C)(C)C. The van der Waals surface area contributed by atoms with Crippen molar-refractivity contribution in [3.8, 4) is 0 Å². The second-order valence-corrected chi connectivity index (χ2v) is 4.76. The molecule has 6 heteroatoms. The van der Waals surface area contributed by atoms with Crippen molar-refractivity contribution in [3.05, 3.63) is 0 Å². The van der Waals surface area contributed by atoms with Gasteiger partial charge in [0.25, 0.3) is 0 Å². The summed E-state index contributed by atoms with van der Waals surface area (Å²) in [6.07, 6.45) is -0.420. The van der Waals surface area contributed by atoms with E-state index in [-0.39, 0.29) is 0 Å². The average Bonchev–Trinajstić information content (AvgIpc) is 2.24.